The number of hydrogen-bond acceptors (Lipinski definition) is 5. The number of ether oxygens (including phenoxy) is 1. The minimum atomic E-state index is -1.16. The van der Waals surface area contributed by atoms with E-state index < -0.39 is 23.6 Å². The summed E-state index contributed by atoms with van der Waals surface area (Å²) in [7, 11) is 1.40. The van der Waals surface area contributed by atoms with Crippen LogP contribution in [0.5, 0.6) is 0 Å². The van der Waals surface area contributed by atoms with Crippen LogP contribution in [0, 0.1) is 6.92 Å². The van der Waals surface area contributed by atoms with E-state index in [0.717, 1.165) is 4.57 Å². The second kappa shape index (κ2) is 5.76. The maximum Gasteiger partial charge on any atom is 0.330 e. The van der Waals surface area contributed by atoms with Gasteiger partial charge in [-0.05, 0) is 6.92 Å². The monoisotopic (exact) mass is 244 g/mol. The molecule has 0 fully saturated rings. The molecule has 17 heavy (non-hydrogen) atoms. The Morgan fingerprint density at radius 1 is 1.53 bits per heavy atom. The highest BCUT2D eigenvalue weighted by atomic mass is 16.5. The summed E-state index contributed by atoms with van der Waals surface area (Å²) in [5.74, 6) is 0. The molecule has 1 heterocycles. The number of nitrogens with one attached hydrogen (secondary N) is 1. The zero-order chi connectivity index (χ0) is 13.0. The lowest BCUT2D eigenvalue weighted by molar-refractivity contribution is -0.0149. The first-order chi connectivity index (χ1) is 7.99. The summed E-state index contributed by atoms with van der Waals surface area (Å²) < 4.78 is 5.94. The molecular formula is C10H16N2O5. The van der Waals surface area contributed by atoms with Crippen LogP contribution >= 0.6 is 0 Å². The van der Waals surface area contributed by atoms with Crippen molar-refractivity contribution in [3.05, 3.63) is 32.6 Å². The van der Waals surface area contributed by atoms with Crippen LogP contribution in [0.4, 0.5) is 0 Å². The Bertz CT molecular complexity index is 474. The topological polar surface area (TPSA) is 105 Å². The molecule has 1 rings (SSSR count). The van der Waals surface area contributed by atoms with Crippen LogP contribution in [0.3, 0.4) is 0 Å². The SMILES string of the molecule is COC(CO)CC(O)n1c(C)cc(=O)[nH]c1=O. The summed E-state index contributed by atoms with van der Waals surface area (Å²) in [6.07, 6.45) is -1.67. The molecule has 2 unspecified atom stereocenters. The normalized spacial score (nSPS) is 14.6. The number of aliphatic hydroxyl groups is 2. The molecule has 0 aliphatic carbocycles. The van der Waals surface area contributed by atoms with E-state index in [1.807, 2.05) is 0 Å². The van der Waals surface area contributed by atoms with E-state index >= 15 is 0 Å². The fraction of sp³-hybridized carbons (Fsp3) is 0.600. The number of methoxy groups -OCH3 is 1. The Kier molecular flexibility index (Phi) is 4.62. The molecule has 0 spiro atoms. The van der Waals surface area contributed by atoms with Crippen LogP contribution < -0.4 is 11.2 Å². The minimum absolute atomic E-state index is 0.0553. The molecule has 3 N–H and O–H groups in total. The lowest BCUT2D eigenvalue weighted by atomic mass is 10.2. The average molecular weight is 244 g/mol. The fourth-order valence-corrected chi connectivity index (χ4v) is 1.58. The Morgan fingerprint density at radius 3 is 2.65 bits per heavy atom. The zero-order valence-electron chi connectivity index (χ0n) is 9.71. The second-order valence-corrected chi connectivity index (χ2v) is 3.71. The third kappa shape index (κ3) is 3.26. The number of rotatable bonds is 5. The van der Waals surface area contributed by atoms with Crippen LogP contribution in [0.1, 0.15) is 18.3 Å². The molecule has 0 saturated heterocycles. The van der Waals surface area contributed by atoms with E-state index in [2.05, 4.69) is 4.98 Å². The first-order valence-electron chi connectivity index (χ1n) is 5.13. The van der Waals surface area contributed by atoms with E-state index in [1.165, 1.54) is 13.2 Å². The Balaban J connectivity index is 3.00. The zero-order valence-corrected chi connectivity index (χ0v) is 9.71. The van der Waals surface area contributed by atoms with Crippen molar-refractivity contribution < 1.29 is 14.9 Å². The highest BCUT2D eigenvalue weighted by Gasteiger charge is 2.17. The third-order valence-corrected chi connectivity index (χ3v) is 2.48. The van der Waals surface area contributed by atoms with Gasteiger partial charge in [-0.1, -0.05) is 0 Å². The minimum Gasteiger partial charge on any atom is -0.394 e. The molecule has 0 aromatic carbocycles. The van der Waals surface area contributed by atoms with Gasteiger partial charge in [0.15, 0.2) is 0 Å². The van der Waals surface area contributed by atoms with E-state index in [1.54, 1.807) is 6.92 Å². The number of aliphatic hydroxyl groups excluding tert-OH is 2. The quantitative estimate of drug-likeness (QED) is 0.599. The first kappa shape index (κ1) is 13.6. The highest BCUT2D eigenvalue weighted by molar-refractivity contribution is 4.99. The van der Waals surface area contributed by atoms with Crippen molar-refractivity contribution >= 4 is 0 Å². The predicted octanol–water partition coefficient (Wildman–Crippen LogP) is -1.27. The summed E-state index contributed by atoms with van der Waals surface area (Å²) in [6, 6.07) is 1.21. The van der Waals surface area contributed by atoms with Gasteiger partial charge in [-0.25, -0.2) is 4.79 Å². The Hall–Kier alpha value is -1.44. The van der Waals surface area contributed by atoms with Gasteiger partial charge in [0.1, 0.15) is 6.23 Å². The van der Waals surface area contributed by atoms with Crippen molar-refractivity contribution in [2.45, 2.75) is 25.7 Å². The Labute approximate surface area is 97.3 Å². The van der Waals surface area contributed by atoms with Gasteiger partial charge >= 0.3 is 5.69 Å². The molecule has 0 saturated carbocycles. The standard InChI is InChI=1S/C10H16N2O5/c1-6-3-8(14)11-10(16)12(6)9(15)4-7(5-13)17-2/h3,7,9,13,15H,4-5H2,1-2H3,(H,11,14,16). The molecule has 2 atom stereocenters. The highest BCUT2D eigenvalue weighted by Crippen LogP contribution is 2.11. The molecule has 1 aromatic rings. The van der Waals surface area contributed by atoms with Crippen LogP contribution in [0.2, 0.25) is 0 Å². The summed E-state index contributed by atoms with van der Waals surface area (Å²) >= 11 is 0. The summed E-state index contributed by atoms with van der Waals surface area (Å²) in [6.45, 7) is 1.28. The van der Waals surface area contributed by atoms with Crippen molar-refractivity contribution in [1.82, 2.24) is 9.55 Å². The van der Waals surface area contributed by atoms with Gasteiger partial charge < -0.3 is 14.9 Å². The molecule has 7 nitrogen and oxygen atoms in total. The molecule has 7 heteroatoms. The second-order valence-electron chi connectivity index (χ2n) is 3.71. The molecule has 96 valence electrons. The van der Waals surface area contributed by atoms with Gasteiger partial charge in [0.25, 0.3) is 5.56 Å². The lowest BCUT2D eigenvalue weighted by Gasteiger charge is -2.20. The van der Waals surface area contributed by atoms with E-state index in [4.69, 9.17) is 9.84 Å². The third-order valence-electron chi connectivity index (χ3n) is 2.48. The fourth-order valence-electron chi connectivity index (χ4n) is 1.58. The molecule has 1 aromatic heterocycles. The van der Waals surface area contributed by atoms with Gasteiger partial charge in [-0.15, -0.1) is 0 Å². The van der Waals surface area contributed by atoms with Gasteiger partial charge in [0.05, 0.1) is 12.7 Å². The number of aromatic nitrogens is 2. The molecule has 0 bridgehead atoms. The van der Waals surface area contributed by atoms with E-state index in [-0.39, 0.29) is 13.0 Å². The van der Waals surface area contributed by atoms with Gasteiger partial charge in [0, 0.05) is 25.3 Å². The van der Waals surface area contributed by atoms with Gasteiger partial charge in [-0.2, -0.15) is 0 Å². The molecule has 0 aliphatic heterocycles. The smallest absolute Gasteiger partial charge is 0.330 e. The Morgan fingerprint density at radius 2 is 2.18 bits per heavy atom. The number of aromatic amines is 1. The maximum absolute atomic E-state index is 11.5. The maximum atomic E-state index is 11.5. The average Bonchev–Trinajstić information content (AvgIpc) is 2.24. The van der Waals surface area contributed by atoms with Gasteiger partial charge in [-0.3, -0.25) is 14.3 Å². The van der Waals surface area contributed by atoms with Crippen LogP contribution in [-0.2, 0) is 4.74 Å². The van der Waals surface area contributed by atoms with Crippen LogP contribution in [0.25, 0.3) is 0 Å². The van der Waals surface area contributed by atoms with E-state index in [0.29, 0.717) is 5.69 Å². The van der Waals surface area contributed by atoms with Crippen LogP contribution in [0.15, 0.2) is 15.7 Å². The first-order valence-corrected chi connectivity index (χ1v) is 5.13. The summed E-state index contributed by atoms with van der Waals surface area (Å²) in [4.78, 5) is 24.6. The van der Waals surface area contributed by atoms with Crippen molar-refractivity contribution in [3.63, 3.8) is 0 Å². The number of aryl methyl sites for hydroxylation is 1. The van der Waals surface area contributed by atoms with Crippen molar-refractivity contribution in [1.29, 1.82) is 0 Å². The largest absolute Gasteiger partial charge is 0.394 e. The van der Waals surface area contributed by atoms with Crippen molar-refractivity contribution in [2.24, 2.45) is 0 Å². The molecule has 0 radical (unpaired) electrons. The molecule has 0 aliphatic rings. The van der Waals surface area contributed by atoms with Gasteiger partial charge in [0.2, 0.25) is 0 Å². The van der Waals surface area contributed by atoms with Crippen molar-refractivity contribution in [3.8, 4) is 0 Å². The van der Waals surface area contributed by atoms with Crippen molar-refractivity contribution in [2.75, 3.05) is 13.7 Å². The summed E-state index contributed by atoms with van der Waals surface area (Å²) in [5.41, 5.74) is -0.851. The predicted molar refractivity (Wildman–Crippen MR) is 59.8 cm³/mol. The number of nitrogens with zero attached hydrogens (tertiary/aromatic N) is 1. The number of H-pyrrole nitrogens is 1. The molecule has 0 amide bonds. The number of hydrogen-bond donors (Lipinski definition) is 3. The lowest BCUT2D eigenvalue weighted by Crippen LogP contribution is -2.35. The summed E-state index contributed by atoms with van der Waals surface area (Å²) in [5, 5.41) is 18.8. The van der Waals surface area contributed by atoms with Crippen LogP contribution in [-0.4, -0.2) is 39.6 Å². The van der Waals surface area contributed by atoms with E-state index in [9.17, 15) is 14.7 Å². The molecular weight excluding hydrogens is 228 g/mol.